The topological polar surface area (TPSA) is 67.5 Å². The van der Waals surface area contributed by atoms with Crippen molar-refractivity contribution in [3.05, 3.63) is 60.2 Å². The number of carbonyl (C=O) groups is 1. The number of amides is 1. The average Bonchev–Trinajstić information content (AvgIpc) is 3.03. The molecule has 0 saturated carbocycles. The highest BCUT2D eigenvalue weighted by Crippen LogP contribution is 2.22. The van der Waals surface area contributed by atoms with Crippen molar-refractivity contribution in [2.45, 2.75) is 18.1 Å². The number of fused-ring (bicyclic) bond motifs is 1. The van der Waals surface area contributed by atoms with Crippen LogP contribution < -0.4 is 5.43 Å². The number of para-hydroxylation sites is 2. The first-order chi connectivity index (χ1) is 11.7. The number of rotatable bonds is 6. The van der Waals surface area contributed by atoms with Gasteiger partial charge in [0.05, 0.1) is 5.75 Å². The van der Waals surface area contributed by atoms with Crippen LogP contribution in [0.4, 0.5) is 0 Å². The number of hydrazone groups is 1. The SMILES string of the molecule is CC(/C=N/NC(=O)CSc1nc2ccccc2o1)c1ccccc1. The van der Waals surface area contributed by atoms with Gasteiger partial charge in [0.2, 0.25) is 0 Å². The van der Waals surface area contributed by atoms with Crippen LogP contribution in [-0.4, -0.2) is 22.9 Å². The fourth-order valence-electron chi connectivity index (χ4n) is 2.14. The van der Waals surface area contributed by atoms with Gasteiger partial charge in [0.1, 0.15) is 5.52 Å². The van der Waals surface area contributed by atoms with E-state index in [2.05, 4.69) is 15.5 Å². The number of benzene rings is 2. The van der Waals surface area contributed by atoms with E-state index in [4.69, 9.17) is 4.42 Å². The van der Waals surface area contributed by atoms with E-state index in [1.54, 1.807) is 6.21 Å². The quantitative estimate of drug-likeness (QED) is 0.421. The van der Waals surface area contributed by atoms with E-state index in [0.29, 0.717) is 5.22 Å². The van der Waals surface area contributed by atoms with E-state index in [0.717, 1.165) is 16.7 Å². The first-order valence-electron chi connectivity index (χ1n) is 7.58. The maximum atomic E-state index is 11.8. The zero-order valence-corrected chi connectivity index (χ0v) is 14.0. The van der Waals surface area contributed by atoms with Crippen LogP contribution in [-0.2, 0) is 4.79 Å². The van der Waals surface area contributed by atoms with Crippen LogP contribution in [0.1, 0.15) is 18.4 Å². The minimum absolute atomic E-state index is 0.135. The molecule has 1 N–H and O–H groups in total. The number of hydrogen-bond acceptors (Lipinski definition) is 5. The third kappa shape index (κ3) is 4.23. The van der Waals surface area contributed by atoms with E-state index in [9.17, 15) is 4.79 Å². The smallest absolute Gasteiger partial charge is 0.257 e. The molecule has 0 aliphatic rings. The van der Waals surface area contributed by atoms with E-state index < -0.39 is 0 Å². The molecule has 6 heteroatoms. The molecule has 1 aromatic heterocycles. The van der Waals surface area contributed by atoms with Crippen LogP contribution in [0.25, 0.3) is 11.1 Å². The lowest BCUT2D eigenvalue weighted by Crippen LogP contribution is -2.20. The van der Waals surface area contributed by atoms with Gasteiger partial charge >= 0.3 is 0 Å². The molecule has 0 saturated heterocycles. The summed E-state index contributed by atoms with van der Waals surface area (Å²) in [7, 11) is 0. The zero-order chi connectivity index (χ0) is 16.8. The Hall–Kier alpha value is -2.60. The van der Waals surface area contributed by atoms with Gasteiger partial charge in [0.25, 0.3) is 11.1 Å². The number of thioether (sulfide) groups is 1. The van der Waals surface area contributed by atoms with Gasteiger partial charge in [-0.3, -0.25) is 4.79 Å². The molecule has 0 aliphatic carbocycles. The minimum Gasteiger partial charge on any atom is -0.431 e. The summed E-state index contributed by atoms with van der Waals surface area (Å²) in [4.78, 5) is 16.1. The molecule has 1 unspecified atom stereocenters. The van der Waals surface area contributed by atoms with Crippen LogP contribution in [0.15, 0.2) is 69.3 Å². The van der Waals surface area contributed by atoms with Crippen molar-refractivity contribution in [3.63, 3.8) is 0 Å². The van der Waals surface area contributed by atoms with Crippen LogP contribution >= 0.6 is 11.8 Å². The molecule has 0 bridgehead atoms. The molecule has 3 aromatic rings. The summed E-state index contributed by atoms with van der Waals surface area (Å²) >= 11 is 1.25. The van der Waals surface area contributed by atoms with Gasteiger partial charge in [0.15, 0.2) is 5.58 Å². The Morgan fingerprint density at radius 2 is 2.00 bits per heavy atom. The Bertz CT molecular complexity index is 813. The maximum Gasteiger partial charge on any atom is 0.257 e. The van der Waals surface area contributed by atoms with Crippen molar-refractivity contribution in [1.82, 2.24) is 10.4 Å². The second kappa shape index (κ2) is 7.79. The molecular formula is C18H17N3O2S. The lowest BCUT2D eigenvalue weighted by molar-refractivity contribution is -0.118. The number of hydrogen-bond donors (Lipinski definition) is 1. The summed E-state index contributed by atoms with van der Waals surface area (Å²) in [6, 6.07) is 17.5. The summed E-state index contributed by atoms with van der Waals surface area (Å²) in [5, 5.41) is 4.49. The zero-order valence-electron chi connectivity index (χ0n) is 13.2. The standard InChI is InChI=1S/C18H17N3O2S/c1-13(14-7-3-2-4-8-14)11-19-21-17(22)12-24-18-20-15-9-5-6-10-16(15)23-18/h2-11,13H,12H2,1H3,(H,21,22)/b19-11+. The predicted molar refractivity (Wildman–Crippen MR) is 96.2 cm³/mol. The lowest BCUT2D eigenvalue weighted by atomic mass is 10.0. The van der Waals surface area contributed by atoms with E-state index in [-0.39, 0.29) is 17.6 Å². The summed E-state index contributed by atoms with van der Waals surface area (Å²) in [6.07, 6.45) is 1.72. The Labute approximate surface area is 144 Å². The number of nitrogens with one attached hydrogen (secondary N) is 1. The third-order valence-electron chi connectivity index (χ3n) is 3.41. The molecule has 0 aliphatic heterocycles. The van der Waals surface area contributed by atoms with Gasteiger partial charge in [0, 0.05) is 12.1 Å². The van der Waals surface area contributed by atoms with Gasteiger partial charge in [-0.05, 0) is 17.7 Å². The van der Waals surface area contributed by atoms with E-state index in [1.807, 2.05) is 61.5 Å². The van der Waals surface area contributed by atoms with Crippen molar-refractivity contribution in [1.29, 1.82) is 0 Å². The minimum atomic E-state index is -0.196. The molecular weight excluding hydrogens is 322 g/mol. The molecule has 3 rings (SSSR count). The molecule has 2 aromatic carbocycles. The normalized spacial score (nSPS) is 12.5. The van der Waals surface area contributed by atoms with Gasteiger partial charge < -0.3 is 4.42 Å². The number of oxazole rings is 1. The fraction of sp³-hybridized carbons (Fsp3) is 0.167. The molecule has 0 fully saturated rings. The summed E-state index contributed by atoms with van der Waals surface area (Å²) < 4.78 is 5.55. The Kier molecular flexibility index (Phi) is 5.28. The van der Waals surface area contributed by atoms with E-state index in [1.165, 1.54) is 11.8 Å². The summed E-state index contributed by atoms with van der Waals surface area (Å²) in [6.45, 7) is 2.03. The number of aromatic nitrogens is 1. The van der Waals surface area contributed by atoms with Crippen LogP contribution in [0.5, 0.6) is 0 Å². The van der Waals surface area contributed by atoms with Gasteiger partial charge in [-0.25, -0.2) is 10.4 Å². The maximum absolute atomic E-state index is 11.8. The van der Waals surface area contributed by atoms with Crippen LogP contribution in [0.2, 0.25) is 0 Å². The Morgan fingerprint density at radius 3 is 2.79 bits per heavy atom. The molecule has 1 heterocycles. The van der Waals surface area contributed by atoms with Gasteiger partial charge in [-0.1, -0.05) is 61.2 Å². The number of nitrogens with zero attached hydrogens (tertiary/aromatic N) is 2. The van der Waals surface area contributed by atoms with Crippen LogP contribution in [0, 0.1) is 0 Å². The molecule has 24 heavy (non-hydrogen) atoms. The largest absolute Gasteiger partial charge is 0.431 e. The van der Waals surface area contributed by atoms with Gasteiger partial charge in [-0.15, -0.1) is 0 Å². The first-order valence-corrected chi connectivity index (χ1v) is 8.56. The van der Waals surface area contributed by atoms with Crippen LogP contribution in [0.3, 0.4) is 0 Å². The second-order valence-corrected chi connectivity index (χ2v) is 6.18. The average molecular weight is 339 g/mol. The summed E-state index contributed by atoms with van der Waals surface area (Å²) in [5.74, 6) is 0.138. The van der Waals surface area contributed by atoms with Crippen molar-refractivity contribution in [3.8, 4) is 0 Å². The fourth-order valence-corrected chi connectivity index (χ4v) is 2.77. The second-order valence-electron chi connectivity index (χ2n) is 5.25. The van der Waals surface area contributed by atoms with Crippen molar-refractivity contribution in [2.75, 3.05) is 5.75 Å². The Morgan fingerprint density at radius 1 is 1.25 bits per heavy atom. The molecule has 1 atom stereocenters. The molecule has 0 radical (unpaired) electrons. The Balaban J connectivity index is 1.48. The van der Waals surface area contributed by atoms with Crippen molar-refractivity contribution >= 4 is 35.0 Å². The molecule has 0 spiro atoms. The van der Waals surface area contributed by atoms with Gasteiger partial charge in [-0.2, -0.15) is 5.10 Å². The number of carbonyl (C=O) groups excluding carboxylic acids is 1. The highest BCUT2D eigenvalue weighted by molar-refractivity contribution is 7.99. The predicted octanol–water partition coefficient (Wildman–Crippen LogP) is 3.83. The molecule has 1 amide bonds. The lowest BCUT2D eigenvalue weighted by Gasteiger charge is -2.05. The highest BCUT2D eigenvalue weighted by atomic mass is 32.2. The summed E-state index contributed by atoms with van der Waals surface area (Å²) in [5.41, 5.74) is 5.18. The van der Waals surface area contributed by atoms with E-state index >= 15 is 0 Å². The van der Waals surface area contributed by atoms with Crippen molar-refractivity contribution < 1.29 is 9.21 Å². The first kappa shape index (κ1) is 16.3. The molecule has 122 valence electrons. The van der Waals surface area contributed by atoms with Crippen molar-refractivity contribution in [2.24, 2.45) is 5.10 Å². The highest BCUT2D eigenvalue weighted by Gasteiger charge is 2.08. The third-order valence-corrected chi connectivity index (χ3v) is 4.24. The monoisotopic (exact) mass is 339 g/mol. The molecule has 5 nitrogen and oxygen atoms in total.